The van der Waals surface area contributed by atoms with Crippen LogP contribution in [0.1, 0.15) is 15.9 Å². The Morgan fingerprint density at radius 2 is 1.85 bits per heavy atom. The number of morpholine rings is 1. The molecule has 1 aromatic heterocycles. The van der Waals surface area contributed by atoms with Gasteiger partial charge in [0, 0.05) is 35.3 Å². The van der Waals surface area contributed by atoms with Crippen molar-refractivity contribution in [2.24, 2.45) is 0 Å². The summed E-state index contributed by atoms with van der Waals surface area (Å²) in [4.78, 5) is 18.3. The van der Waals surface area contributed by atoms with E-state index in [-0.39, 0.29) is 22.8 Å². The summed E-state index contributed by atoms with van der Waals surface area (Å²) in [5.41, 5.74) is 3.35. The highest BCUT2D eigenvalue weighted by Gasteiger charge is 2.23. The Hall–Kier alpha value is -3.55. The van der Waals surface area contributed by atoms with Gasteiger partial charge in [-0.05, 0) is 48.0 Å². The fraction of sp³-hybridized carbons (Fsp3) is 0.192. The fourth-order valence-electron chi connectivity index (χ4n) is 4.28. The van der Waals surface area contributed by atoms with Crippen molar-refractivity contribution in [2.45, 2.75) is 0 Å². The lowest BCUT2D eigenvalue weighted by Gasteiger charge is -2.29. The Morgan fingerprint density at radius 1 is 1.12 bits per heavy atom. The number of aromatic nitrogens is 1. The summed E-state index contributed by atoms with van der Waals surface area (Å²) in [5.74, 6) is -1.43. The average Bonchev–Trinajstić information content (AvgIpc) is 3.18. The predicted octanol–water partition coefficient (Wildman–Crippen LogP) is 5.41. The molecule has 0 saturated carbocycles. The fourth-order valence-corrected chi connectivity index (χ4v) is 4.55. The third-order valence-corrected chi connectivity index (χ3v) is 6.37. The van der Waals surface area contributed by atoms with Crippen molar-refractivity contribution < 1.29 is 23.8 Å². The number of ether oxygens (including phenoxy) is 2. The summed E-state index contributed by atoms with van der Waals surface area (Å²) >= 11 is 6.56. The molecule has 2 N–H and O–H groups in total. The first-order valence-electron chi connectivity index (χ1n) is 10.8. The number of nitrogens with one attached hydrogen (secondary N) is 1. The smallest absolute Gasteiger partial charge is 0.200 e. The zero-order valence-corrected chi connectivity index (χ0v) is 19.2. The maximum absolute atomic E-state index is 14.2. The van der Waals surface area contributed by atoms with E-state index in [9.17, 15) is 14.3 Å². The lowest BCUT2D eigenvalue weighted by atomic mass is 9.98. The van der Waals surface area contributed by atoms with Gasteiger partial charge in [0.25, 0.3) is 0 Å². The summed E-state index contributed by atoms with van der Waals surface area (Å²) in [6, 6.07) is 15.4. The van der Waals surface area contributed by atoms with Crippen molar-refractivity contribution in [3.05, 3.63) is 76.6 Å². The molecule has 4 aromatic rings. The van der Waals surface area contributed by atoms with Gasteiger partial charge in [0.15, 0.2) is 17.3 Å². The Balaban J connectivity index is 1.54. The minimum Gasteiger partial charge on any atom is -0.494 e. The second-order valence-corrected chi connectivity index (χ2v) is 8.46. The second kappa shape index (κ2) is 9.00. The number of nitrogens with zero attached hydrogens (tertiary/aromatic N) is 1. The van der Waals surface area contributed by atoms with Crippen LogP contribution in [0.15, 0.2) is 54.6 Å². The van der Waals surface area contributed by atoms with Gasteiger partial charge in [-0.3, -0.25) is 4.79 Å². The lowest BCUT2D eigenvalue weighted by molar-refractivity contribution is 0.103. The average molecular weight is 481 g/mol. The number of hydrogen-bond acceptors (Lipinski definition) is 5. The number of carbonyl (C=O) groups excluding carboxylic acids is 1. The van der Waals surface area contributed by atoms with E-state index >= 15 is 0 Å². The first-order valence-corrected chi connectivity index (χ1v) is 11.2. The molecule has 0 bridgehead atoms. The third kappa shape index (κ3) is 3.97. The Bertz CT molecular complexity index is 1380. The molecule has 8 heteroatoms. The van der Waals surface area contributed by atoms with Crippen LogP contribution in [-0.4, -0.2) is 49.3 Å². The molecule has 3 aromatic carbocycles. The molecule has 2 heterocycles. The first-order chi connectivity index (χ1) is 16.5. The van der Waals surface area contributed by atoms with Crippen LogP contribution >= 0.6 is 11.6 Å². The normalized spacial score (nSPS) is 13.9. The van der Waals surface area contributed by atoms with Crippen LogP contribution in [0.3, 0.4) is 0 Å². The molecule has 34 heavy (non-hydrogen) atoms. The van der Waals surface area contributed by atoms with E-state index in [1.165, 1.54) is 19.2 Å². The highest BCUT2D eigenvalue weighted by Crippen LogP contribution is 2.38. The first kappa shape index (κ1) is 22.3. The van der Waals surface area contributed by atoms with Gasteiger partial charge in [-0.1, -0.05) is 23.7 Å². The van der Waals surface area contributed by atoms with E-state index in [4.69, 9.17) is 21.1 Å². The molecule has 6 nitrogen and oxygen atoms in total. The molecule has 1 saturated heterocycles. The number of aromatic hydroxyl groups is 1. The van der Waals surface area contributed by atoms with Gasteiger partial charge in [0.2, 0.25) is 5.88 Å². The molecule has 0 aliphatic carbocycles. The van der Waals surface area contributed by atoms with Gasteiger partial charge in [0.05, 0.1) is 36.4 Å². The maximum atomic E-state index is 14.2. The van der Waals surface area contributed by atoms with E-state index < -0.39 is 11.6 Å². The maximum Gasteiger partial charge on any atom is 0.200 e. The summed E-state index contributed by atoms with van der Waals surface area (Å²) in [6.07, 6.45) is 0. The van der Waals surface area contributed by atoms with Gasteiger partial charge < -0.3 is 24.5 Å². The molecule has 1 fully saturated rings. The molecular weight excluding hydrogens is 459 g/mol. The van der Waals surface area contributed by atoms with Gasteiger partial charge >= 0.3 is 0 Å². The number of benzene rings is 3. The predicted molar refractivity (Wildman–Crippen MR) is 130 cm³/mol. The van der Waals surface area contributed by atoms with E-state index in [1.807, 2.05) is 24.3 Å². The van der Waals surface area contributed by atoms with Crippen LogP contribution in [0.25, 0.3) is 22.0 Å². The van der Waals surface area contributed by atoms with Crippen molar-refractivity contribution >= 4 is 34.0 Å². The Morgan fingerprint density at radius 3 is 2.53 bits per heavy atom. The monoisotopic (exact) mass is 480 g/mol. The number of rotatable bonds is 5. The minimum atomic E-state index is -0.656. The number of carbonyl (C=O) groups is 1. The SMILES string of the molecule is COc1ccc(C(=O)c2c(O)[nH]c3cc(Cl)c(-c4ccc(N5CCOCC5)cc4)cc23)cc1F. The zero-order valence-electron chi connectivity index (χ0n) is 18.4. The van der Waals surface area contributed by atoms with Crippen LogP contribution in [0.5, 0.6) is 11.6 Å². The van der Waals surface area contributed by atoms with Crippen molar-refractivity contribution in [3.8, 4) is 22.8 Å². The molecule has 5 rings (SSSR count). The van der Waals surface area contributed by atoms with Gasteiger partial charge in [0.1, 0.15) is 0 Å². The van der Waals surface area contributed by atoms with Gasteiger partial charge in [-0.2, -0.15) is 0 Å². The van der Waals surface area contributed by atoms with Crippen LogP contribution in [0.4, 0.5) is 10.1 Å². The lowest BCUT2D eigenvalue weighted by Crippen LogP contribution is -2.36. The molecule has 0 spiro atoms. The summed E-state index contributed by atoms with van der Waals surface area (Å²) in [7, 11) is 1.35. The number of fused-ring (bicyclic) bond motifs is 1. The zero-order chi connectivity index (χ0) is 23.8. The quantitative estimate of drug-likeness (QED) is 0.374. The van der Waals surface area contributed by atoms with Crippen LogP contribution in [0, 0.1) is 5.82 Å². The number of ketones is 1. The molecule has 174 valence electrons. The highest BCUT2D eigenvalue weighted by atomic mass is 35.5. The topological polar surface area (TPSA) is 74.8 Å². The van der Waals surface area contributed by atoms with Crippen LogP contribution in [-0.2, 0) is 4.74 Å². The van der Waals surface area contributed by atoms with E-state index in [0.29, 0.717) is 29.1 Å². The largest absolute Gasteiger partial charge is 0.494 e. The minimum absolute atomic E-state index is 0.0364. The Kier molecular flexibility index (Phi) is 5.89. The number of anilines is 1. The molecule has 0 amide bonds. The van der Waals surface area contributed by atoms with Crippen molar-refractivity contribution in [3.63, 3.8) is 0 Å². The summed E-state index contributed by atoms with van der Waals surface area (Å²) in [5, 5.41) is 11.5. The molecule has 0 radical (unpaired) electrons. The number of H-pyrrole nitrogens is 1. The number of aromatic amines is 1. The van der Waals surface area contributed by atoms with Gasteiger partial charge in [-0.25, -0.2) is 4.39 Å². The molecule has 1 aliphatic rings. The van der Waals surface area contributed by atoms with E-state index in [0.717, 1.165) is 36.0 Å². The van der Waals surface area contributed by atoms with Crippen LogP contribution in [0.2, 0.25) is 5.02 Å². The molecule has 0 unspecified atom stereocenters. The van der Waals surface area contributed by atoms with E-state index in [1.54, 1.807) is 12.1 Å². The van der Waals surface area contributed by atoms with E-state index in [2.05, 4.69) is 9.88 Å². The third-order valence-electron chi connectivity index (χ3n) is 6.06. The second-order valence-electron chi connectivity index (χ2n) is 8.05. The van der Waals surface area contributed by atoms with Crippen molar-refractivity contribution in [2.75, 3.05) is 38.3 Å². The van der Waals surface area contributed by atoms with Crippen LogP contribution < -0.4 is 9.64 Å². The number of halogens is 2. The van der Waals surface area contributed by atoms with Crippen molar-refractivity contribution in [1.82, 2.24) is 4.98 Å². The number of hydrogen-bond donors (Lipinski definition) is 2. The molecular formula is C26H22ClFN2O4. The van der Waals surface area contributed by atoms with Crippen molar-refractivity contribution in [1.29, 1.82) is 0 Å². The molecule has 1 aliphatic heterocycles. The van der Waals surface area contributed by atoms with Gasteiger partial charge in [-0.15, -0.1) is 0 Å². The summed E-state index contributed by atoms with van der Waals surface area (Å²) in [6.45, 7) is 3.09. The highest BCUT2D eigenvalue weighted by molar-refractivity contribution is 6.34. The Labute approximate surface area is 200 Å². The molecule has 0 atom stereocenters. The number of methoxy groups -OCH3 is 1. The summed E-state index contributed by atoms with van der Waals surface area (Å²) < 4.78 is 24.5. The standard InChI is InChI=1S/C26H22ClFN2O4/c1-33-23-7-4-16(12-21(23)28)25(31)24-19-13-18(20(27)14-22(19)29-26(24)32)15-2-5-17(6-3-15)30-8-10-34-11-9-30/h2-7,12-14,29,32H,8-11H2,1H3.